The predicted molar refractivity (Wildman–Crippen MR) is 130 cm³/mol. The summed E-state index contributed by atoms with van der Waals surface area (Å²) in [4.78, 5) is 4.63. The number of pyridine rings is 1. The molecule has 1 aliphatic rings. The van der Waals surface area contributed by atoms with Crippen molar-refractivity contribution < 1.29 is 0 Å². The molecule has 0 spiro atoms. The molecule has 4 nitrogen and oxygen atoms in total. The van der Waals surface area contributed by atoms with Gasteiger partial charge in [0.25, 0.3) is 0 Å². The van der Waals surface area contributed by atoms with Crippen LogP contribution >= 0.6 is 0 Å². The van der Waals surface area contributed by atoms with Gasteiger partial charge in [-0.15, -0.1) is 0 Å². The lowest BCUT2D eigenvalue weighted by molar-refractivity contribution is 0.329. The summed E-state index contributed by atoms with van der Waals surface area (Å²) in [5.74, 6) is 0.548. The van der Waals surface area contributed by atoms with Crippen LogP contribution in [0, 0.1) is 6.92 Å². The van der Waals surface area contributed by atoms with Crippen LogP contribution in [0.3, 0.4) is 0 Å². The Labute approximate surface area is 183 Å². The van der Waals surface area contributed by atoms with Crippen LogP contribution in [0.25, 0.3) is 34.2 Å². The van der Waals surface area contributed by atoms with E-state index in [1.807, 2.05) is 12.3 Å². The number of hydrogen-bond donors (Lipinski definition) is 1. The van der Waals surface area contributed by atoms with Gasteiger partial charge in [-0.3, -0.25) is 4.68 Å². The fourth-order valence-electron chi connectivity index (χ4n) is 4.58. The molecule has 4 aromatic rings. The summed E-state index contributed by atoms with van der Waals surface area (Å²) in [5, 5.41) is 5.69. The van der Waals surface area contributed by atoms with E-state index in [0.29, 0.717) is 11.9 Å². The lowest BCUT2D eigenvalue weighted by atomic mass is 9.96. The topological polar surface area (TPSA) is 56.7 Å². The molecule has 4 heteroatoms. The number of anilines is 1. The maximum Gasteiger partial charge on any atom is 0.131 e. The van der Waals surface area contributed by atoms with Crippen LogP contribution in [0.15, 0.2) is 60.9 Å². The maximum atomic E-state index is 6.26. The summed E-state index contributed by atoms with van der Waals surface area (Å²) in [6.45, 7) is 2.14. The Morgan fingerprint density at radius 3 is 2.68 bits per heavy atom. The average molecular weight is 409 g/mol. The second kappa shape index (κ2) is 8.38. The summed E-state index contributed by atoms with van der Waals surface area (Å²) in [7, 11) is 0. The van der Waals surface area contributed by atoms with Crippen LogP contribution in [-0.2, 0) is 0 Å². The fourth-order valence-corrected chi connectivity index (χ4v) is 4.58. The molecule has 0 saturated heterocycles. The third kappa shape index (κ3) is 4.11. The van der Waals surface area contributed by atoms with Crippen molar-refractivity contribution in [2.45, 2.75) is 45.1 Å². The van der Waals surface area contributed by atoms with Crippen LogP contribution in [-0.4, -0.2) is 14.8 Å². The molecule has 156 valence electrons. The quantitative estimate of drug-likeness (QED) is 0.410. The molecule has 1 fully saturated rings. The highest BCUT2D eigenvalue weighted by molar-refractivity contribution is 5.90. The van der Waals surface area contributed by atoms with Crippen molar-refractivity contribution >= 4 is 28.9 Å². The summed E-state index contributed by atoms with van der Waals surface area (Å²) in [5.41, 5.74) is 12.9. The van der Waals surface area contributed by atoms with Crippen molar-refractivity contribution in [1.29, 1.82) is 0 Å². The molecule has 2 heterocycles. The Hall–Kier alpha value is -3.40. The van der Waals surface area contributed by atoms with Gasteiger partial charge in [-0.2, -0.15) is 5.10 Å². The number of nitrogens with two attached hydrogens (primary N) is 1. The predicted octanol–water partition coefficient (Wildman–Crippen LogP) is 6.66. The standard InChI is InChI=1S/C27H28N4/c1-19-7-5-6-10-25(19)21-13-14-26-23(15-21)16-22(27(28)30-26)12-11-20-17-29-31(18-20)24-8-3-2-4-9-24/h5-7,10-18,24H,2-4,8-9H2,1H3,(H2,28,30). The molecule has 0 atom stereocenters. The minimum atomic E-state index is 0.545. The Morgan fingerprint density at radius 2 is 1.84 bits per heavy atom. The molecule has 2 aromatic heterocycles. The zero-order valence-electron chi connectivity index (χ0n) is 18.0. The molecular formula is C27H28N4. The molecule has 2 aromatic carbocycles. The summed E-state index contributed by atoms with van der Waals surface area (Å²) < 4.78 is 2.13. The number of rotatable bonds is 4. The summed E-state index contributed by atoms with van der Waals surface area (Å²) in [6.07, 6.45) is 14.6. The van der Waals surface area contributed by atoms with E-state index < -0.39 is 0 Å². The zero-order valence-corrected chi connectivity index (χ0v) is 18.0. The van der Waals surface area contributed by atoms with E-state index in [1.54, 1.807) is 0 Å². The first-order valence-corrected chi connectivity index (χ1v) is 11.2. The average Bonchev–Trinajstić information content (AvgIpc) is 3.27. The minimum absolute atomic E-state index is 0.545. The first-order valence-electron chi connectivity index (χ1n) is 11.2. The zero-order chi connectivity index (χ0) is 21.2. The molecule has 0 unspecified atom stereocenters. The molecule has 1 saturated carbocycles. The van der Waals surface area contributed by atoms with Gasteiger partial charge in [-0.05, 0) is 54.7 Å². The molecule has 5 rings (SSSR count). The summed E-state index contributed by atoms with van der Waals surface area (Å²) in [6, 6.07) is 17.5. The van der Waals surface area contributed by atoms with Gasteiger partial charge in [0.15, 0.2) is 0 Å². The van der Waals surface area contributed by atoms with E-state index >= 15 is 0 Å². The number of nitrogen functional groups attached to an aromatic ring is 1. The molecule has 0 radical (unpaired) electrons. The number of aromatic nitrogens is 3. The normalized spacial score (nSPS) is 15.1. The Balaban J connectivity index is 1.43. The lowest BCUT2D eigenvalue weighted by Gasteiger charge is -2.21. The smallest absolute Gasteiger partial charge is 0.131 e. The molecule has 0 amide bonds. The molecule has 2 N–H and O–H groups in total. The van der Waals surface area contributed by atoms with Crippen molar-refractivity contribution in [3.05, 3.63) is 77.6 Å². The third-order valence-electron chi connectivity index (χ3n) is 6.36. The fraction of sp³-hybridized carbons (Fsp3) is 0.259. The Morgan fingerprint density at radius 1 is 1.00 bits per heavy atom. The van der Waals surface area contributed by atoms with Gasteiger partial charge in [0.2, 0.25) is 0 Å². The van der Waals surface area contributed by atoms with Gasteiger partial charge < -0.3 is 5.73 Å². The van der Waals surface area contributed by atoms with Gasteiger partial charge in [-0.25, -0.2) is 4.98 Å². The van der Waals surface area contributed by atoms with E-state index in [9.17, 15) is 0 Å². The van der Waals surface area contributed by atoms with Gasteiger partial charge in [0.1, 0.15) is 5.82 Å². The van der Waals surface area contributed by atoms with E-state index in [-0.39, 0.29) is 0 Å². The largest absolute Gasteiger partial charge is 0.383 e. The van der Waals surface area contributed by atoms with E-state index in [0.717, 1.165) is 22.0 Å². The number of benzene rings is 2. The number of fused-ring (bicyclic) bond motifs is 1. The minimum Gasteiger partial charge on any atom is -0.383 e. The monoisotopic (exact) mass is 408 g/mol. The Kier molecular flexibility index (Phi) is 5.29. The van der Waals surface area contributed by atoms with Crippen molar-refractivity contribution in [1.82, 2.24) is 14.8 Å². The molecule has 31 heavy (non-hydrogen) atoms. The van der Waals surface area contributed by atoms with Crippen LogP contribution in [0.4, 0.5) is 5.82 Å². The first kappa shape index (κ1) is 19.6. The van der Waals surface area contributed by atoms with E-state index in [2.05, 4.69) is 82.5 Å². The maximum absolute atomic E-state index is 6.26. The second-order valence-corrected chi connectivity index (χ2v) is 8.56. The van der Waals surface area contributed by atoms with Gasteiger partial charge in [0.05, 0.1) is 17.8 Å². The van der Waals surface area contributed by atoms with Crippen molar-refractivity contribution in [3.8, 4) is 11.1 Å². The van der Waals surface area contributed by atoms with Crippen molar-refractivity contribution in [2.75, 3.05) is 5.73 Å². The van der Waals surface area contributed by atoms with E-state index in [1.165, 1.54) is 48.8 Å². The van der Waals surface area contributed by atoms with Crippen molar-refractivity contribution in [2.24, 2.45) is 0 Å². The number of nitrogens with zero attached hydrogens (tertiary/aromatic N) is 3. The van der Waals surface area contributed by atoms with Crippen LogP contribution in [0.5, 0.6) is 0 Å². The highest BCUT2D eigenvalue weighted by atomic mass is 15.3. The molecule has 0 bridgehead atoms. The van der Waals surface area contributed by atoms with Gasteiger partial charge in [-0.1, -0.05) is 61.7 Å². The van der Waals surface area contributed by atoms with Crippen LogP contribution in [0.2, 0.25) is 0 Å². The molecule has 0 aliphatic heterocycles. The number of aryl methyl sites for hydroxylation is 1. The summed E-state index contributed by atoms with van der Waals surface area (Å²) >= 11 is 0. The third-order valence-corrected chi connectivity index (χ3v) is 6.36. The Bertz CT molecular complexity index is 1250. The lowest BCUT2D eigenvalue weighted by Crippen LogP contribution is -2.12. The van der Waals surface area contributed by atoms with Crippen molar-refractivity contribution in [3.63, 3.8) is 0 Å². The SMILES string of the molecule is Cc1ccccc1-c1ccc2nc(N)c(C=Cc3cnn(C4CCCCC4)c3)cc2c1. The second-order valence-electron chi connectivity index (χ2n) is 8.56. The highest BCUT2D eigenvalue weighted by Crippen LogP contribution is 2.29. The number of hydrogen-bond acceptors (Lipinski definition) is 3. The highest BCUT2D eigenvalue weighted by Gasteiger charge is 2.15. The van der Waals surface area contributed by atoms with E-state index in [4.69, 9.17) is 5.73 Å². The molecule has 1 aliphatic carbocycles. The van der Waals surface area contributed by atoms with Crippen LogP contribution < -0.4 is 5.73 Å². The first-order chi connectivity index (χ1) is 15.2. The van der Waals surface area contributed by atoms with Gasteiger partial charge in [0, 0.05) is 22.7 Å². The molecular weight excluding hydrogens is 380 g/mol. The van der Waals surface area contributed by atoms with Crippen LogP contribution in [0.1, 0.15) is 54.8 Å². The van der Waals surface area contributed by atoms with Gasteiger partial charge >= 0.3 is 0 Å².